The number of aromatic nitrogens is 1. The molecule has 1 amide bonds. The maximum absolute atomic E-state index is 13.9. The summed E-state index contributed by atoms with van der Waals surface area (Å²) < 4.78 is 24.1. The van der Waals surface area contributed by atoms with E-state index < -0.39 is 11.2 Å². The van der Waals surface area contributed by atoms with Crippen LogP contribution in [0.4, 0.5) is 9.52 Å². The van der Waals surface area contributed by atoms with Gasteiger partial charge in [-0.15, -0.1) is 23.7 Å². The first-order valence-corrected chi connectivity index (χ1v) is 9.26. The molecule has 1 aromatic carbocycles. The van der Waals surface area contributed by atoms with Gasteiger partial charge < -0.3 is 20.1 Å². The molecule has 3 rings (SSSR count). The number of ether oxygens (including phenoxy) is 2. The Morgan fingerprint density at radius 3 is 2.74 bits per heavy atom. The lowest BCUT2D eigenvalue weighted by molar-refractivity contribution is -0.130. The Bertz CT molecular complexity index is 775. The van der Waals surface area contributed by atoms with Gasteiger partial charge in [0, 0.05) is 18.1 Å². The van der Waals surface area contributed by atoms with E-state index in [1.54, 1.807) is 24.6 Å². The molecule has 0 atom stereocenters. The molecule has 1 aliphatic rings. The third-order valence-electron chi connectivity index (χ3n) is 4.64. The zero-order valence-corrected chi connectivity index (χ0v) is 16.8. The highest BCUT2D eigenvalue weighted by atomic mass is 35.5. The second-order valence-corrected chi connectivity index (χ2v) is 7.16. The SMILES string of the molecule is COCC1(C(=O)Nc2nc(-c3ccc(OC)c(F)c3)cs2)CCNCC1.Cl. The smallest absolute Gasteiger partial charge is 0.234 e. The Morgan fingerprint density at radius 2 is 2.11 bits per heavy atom. The van der Waals surface area contributed by atoms with Gasteiger partial charge in [-0.25, -0.2) is 9.37 Å². The molecule has 2 aromatic rings. The predicted octanol–water partition coefficient (Wildman–Crippen LogP) is 3.33. The van der Waals surface area contributed by atoms with Crippen molar-refractivity contribution in [2.24, 2.45) is 5.41 Å². The number of amides is 1. The quantitative estimate of drug-likeness (QED) is 0.757. The van der Waals surface area contributed by atoms with Gasteiger partial charge in [0.1, 0.15) is 0 Å². The first kappa shape index (κ1) is 21.6. The number of hydrogen-bond donors (Lipinski definition) is 2. The summed E-state index contributed by atoms with van der Waals surface area (Å²) in [4.78, 5) is 17.3. The number of carbonyl (C=O) groups is 1. The van der Waals surface area contributed by atoms with Gasteiger partial charge >= 0.3 is 0 Å². The van der Waals surface area contributed by atoms with Crippen molar-refractivity contribution >= 4 is 34.8 Å². The number of thiazole rings is 1. The maximum atomic E-state index is 13.9. The number of hydrogen-bond acceptors (Lipinski definition) is 6. The number of rotatable bonds is 6. The Morgan fingerprint density at radius 1 is 1.37 bits per heavy atom. The Hall–Kier alpha value is -1.74. The van der Waals surface area contributed by atoms with Gasteiger partial charge in [0.25, 0.3) is 0 Å². The van der Waals surface area contributed by atoms with E-state index in [9.17, 15) is 9.18 Å². The number of piperidine rings is 1. The highest BCUT2D eigenvalue weighted by Gasteiger charge is 2.40. The number of benzene rings is 1. The molecule has 27 heavy (non-hydrogen) atoms. The van der Waals surface area contributed by atoms with E-state index in [-0.39, 0.29) is 24.1 Å². The van der Waals surface area contributed by atoms with Crippen LogP contribution < -0.4 is 15.4 Å². The Balaban J connectivity index is 0.00000261. The average molecular weight is 416 g/mol. The number of halogens is 2. The van der Waals surface area contributed by atoms with Crippen LogP contribution in [-0.4, -0.2) is 44.8 Å². The largest absolute Gasteiger partial charge is 0.494 e. The highest BCUT2D eigenvalue weighted by Crippen LogP contribution is 2.33. The molecule has 0 radical (unpaired) electrons. The van der Waals surface area contributed by atoms with Gasteiger partial charge in [-0.1, -0.05) is 0 Å². The highest BCUT2D eigenvalue weighted by molar-refractivity contribution is 7.14. The van der Waals surface area contributed by atoms with Gasteiger partial charge in [0.2, 0.25) is 5.91 Å². The van der Waals surface area contributed by atoms with Gasteiger partial charge in [-0.3, -0.25) is 4.79 Å². The number of nitrogens with zero attached hydrogens (tertiary/aromatic N) is 1. The van der Waals surface area contributed by atoms with E-state index in [1.807, 2.05) is 0 Å². The molecule has 1 aromatic heterocycles. The number of carbonyl (C=O) groups excluding carboxylic acids is 1. The van der Waals surface area contributed by atoms with Crippen LogP contribution in [0.1, 0.15) is 12.8 Å². The summed E-state index contributed by atoms with van der Waals surface area (Å²) in [6.07, 6.45) is 1.43. The molecule has 0 bridgehead atoms. The lowest BCUT2D eigenvalue weighted by atomic mass is 9.79. The summed E-state index contributed by atoms with van der Waals surface area (Å²) in [5.74, 6) is -0.343. The molecule has 0 unspecified atom stereocenters. The molecule has 148 valence electrons. The molecule has 1 saturated heterocycles. The summed E-state index contributed by atoms with van der Waals surface area (Å²) in [5, 5.41) is 8.46. The van der Waals surface area contributed by atoms with Gasteiger partial charge in [-0.05, 0) is 44.1 Å². The first-order valence-electron chi connectivity index (χ1n) is 8.38. The van der Waals surface area contributed by atoms with Crippen LogP contribution in [0.5, 0.6) is 5.75 Å². The molecule has 2 heterocycles. The Kier molecular flexibility index (Phi) is 7.55. The molecular weight excluding hydrogens is 393 g/mol. The van der Waals surface area contributed by atoms with Crippen molar-refractivity contribution < 1.29 is 18.7 Å². The first-order chi connectivity index (χ1) is 12.6. The van der Waals surface area contributed by atoms with Crippen LogP contribution >= 0.6 is 23.7 Å². The third kappa shape index (κ3) is 4.76. The fraction of sp³-hybridized carbons (Fsp3) is 0.444. The number of methoxy groups -OCH3 is 2. The van der Waals surface area contributed by atoms with Crippen molar-refractivity contribution in [2.75, 3.05) is 39.2 Å². The van der Waals surface area contributed by atoms with E-state index >= 15 is 0 Å². The second-order valence-electron chi connectivity index (χ2n) is 6.30. The van der Waals surface area contributed by atoms with Crippen molar-refractivity contribution in [3.05, 3.63) is 29.4 Å². The third-order valence-corrected chi connectivity index (χ3v) is 5.39. The molecule has 1 aliphatic heterocycles. The van der Waals surface area contributed by atoms with Gasteiger partial charge in [0.15, 0.2) is 16.7 Å². The topological polar surface area (TPSA) is 72.5 Å². The monoisotopic (exact) mass is 415 g/mol. The maximum Gasteiger partial charge on any atom is 0.234 e. The summed E-state index contributed by atoms with van der Waals surface area (Å²) in [7, 11) is 3.03. The van der Waals surface area contributed by atoms with Crippen molar-refractivity contribution in [2.45, 2.75) is 12.8 Å². The molecule has 0 aliphatic carbocycles. The van der Waals surface area contributed by atoms with Crippen LogP contribution in [-0.2, 0) is 9.53 Å². The van der Waals surface area contributed by atoms with E-state index in [0.717, 1.165) is 13.1 Å². The van der Waals surface area contributed by atoms with Crippen LogP contribution in [0, 0.1) is 11.2 Å². The number of anilines is 1. The van der Waals surface area contributed by atoms with Crippen molar-refractivity contribution in [3.63, 3.8) is 0 Å². The normalized spacial score (nSPS) is 15.7. The molecule has 2 N–H and O–H groups in total. The summed E-state index contributed by atoms with van der Waals surface area (Å²) >= 11 is 1.32. The predicted molar refractivity (Wildman–Crippen MR) is 106 cm³/mol. The molecule has 0 spiro atoms. The zero-order valence-electron chi connectivity index (χ0n) is 15.2. The summed E-state index contributed by atoms with van der Waals surface area (Å²) in [5.41, 5.74) is 0.699. The minimum Gasteiger partial charge on any atom is -0.494 e. The van der Waals surface area contributed by atoms with Gasteiger partial charge in [-0.2, -0.15) is 0 Å². The lowest BCUT2D eigenvalue weighted by Crippen LogP contribution is -2.47. The minimum absolute atomic E-state index is 0. The average Bonchev–Trinajstić information content (AvgIpc) is 3.11. The van der Waals surface area contributed by atoms with E-state index in [0.29, 0.717) is 35.8 Å². The summed E-state index contributed by atoms with van der Waals surface area (Å²) in [6, 6.07) is 4.67. The fourth-order valence-corrected chi connectivity index (χ4v) is 3.85. The van der Waals surface area contributed by atoms with Crippen LogP contribution in [0.2, 0.25) is 0 Å². The molecule has 1 fully saturated rings. The zero-order chi connectivity index (χ0) is 18.6. The van der Waals surface area contributed by atoms with Crippen LogP contribution in [0.3, 0.4) is 0 Å². The molecular formula is C18H23ClFN3O3S. The lowest BCUT2D eigenvalue weighted by Gasteiger charge is -2.35. The number of nitrogens with one attached hydrogen (secondary N) is 2. The van der Waals surface area contributed by atoms with Crippen molar-refractivity contribution in [1.82, 2.24) is 10.3 Å². The van der Waals surface area contributed by atoms with E-state index in [4.69, 9.17) is 9.47 Å². The van der Waals surface area contributed by atoms with Crippen LogP contribution in [0.15, 0.2) is 23.6 Å². The van der Waals surface area contributed by atoms with Crippen molar-refractivity contribution in [1.29, 1.82) is 0 Å². The molecule has 6 nitrogen and oxygen atoms in total. The Labute approximate surface area is 167 Å². The van der Waals surface area contributed by atoms with Crippen LogP contribution in [0.25, 0.3) is 11.3 Å². The second kappa shape index (κ2) is 9.45. The van der Waals surface area contributed by atoms with E-state index in [1.165, 1.54) is 24.5 Å². The molecule has 9 heteroatoms. The van der Waals surface area contributed by atoms with Gasteiger partial charge in [0.05, 0.1) is 24.8 Å². The minimum atomic E-state index is -0.544. The summed E-state index contributed by atoms with van der Waals surface area (Å²) in [6.45, 7) is 1.94. The standard InChI is InChI=1S/C18H22FN3O3S.ClH/c1-24-11-18(5-7-20-8-6-18)16(23)22-17-21-14(10-26-17)12-3-4-15(25-2)13(19)9-12;/h3-4,9-10,20H,5-8,11H2,1-2H3,(H,21,22,23);1H. The van der Waals surface area contributed by atoms with E-state index in [2.05, 4.69) is 15.6 Å². The fourth-order valence-electron chi connectivity index (χ4n) is 3.14. The molecule has 0 saturated carbocycles. The van der Waals surface area contributed by atoms with Crippen molar-refractivity contribution in [3.8, 4) is 17.0 Å².